The maximum absolute atomic E-state index is 5.79. The summed E-state index contributed by atoms with van der Waals surface area (Å²) in [5.41, 5.74) is 0. The average Bonchev–Trinajstić information content (AvgIpc) is 2.32. The highest BCUT2D eigenvalue weighted by molar-refractivity contribution is 6.11. The van der Waals surface area contributed by atoms with Crippen LogP contribution in [0.5, 0.6) is 0 Å². The molecule has 1 aliphatic carbocycles. The number of rotatable bonds is 3. The molecule has 1 rings (SSSR count). The van der Waals surface area contributed by atoms with Crippen molar-refractivity contribution < 1.29 is 9.47 Å². The zero-order valence-corrected chi connectivity index (χ0v) is 7.25. The lowest BCUT2D eigenvalue weighted by molar-refractivity contribution is 0.0332. The number of hydrogen-bond acceptors (Lipinski definition) is 2. The van der Waals surface area contributed by atoms with E-state index in [0.29, 0.717) is 17.8 Å². The molecule has 2 radical (unpaired) electrons. The van der Waals surface area contributed by atoms with Gasteiger partial charge in [-0.15, -0.1) is 0 Å². The van der Waals surface area contributed by atoms with E-state index in [9.17, 15) is 0 Å². The van der Waals surface area contributed by atoms with Gasteiger partial charge in [-0.05, 0) is 6.42 Å². The lowest BCUT2D eigenvalue weighted by Crippen LogP contribution is -2.20. The summed E-state index contributed by atoms with van der Waals surface area (Å²) in [6, 6.07) is 0. The first-order chi connectivity index (χ1) is 5.27. The molecule has 3 atom stereocenters. The van der Waals surface area contributed by atoms with Gasteiger partial charge in [-0.3, -0.25) is 0 Å². The molecule has 1 aliphatic rings. The van der Waals surface area contributed by atoms with E-state index in [1.165, 1.54) is 0 Å². The monoisotopic (exact) mass is 154 g/mol. The van der Waals surface area contributed by atoms with Gasteiger partial charge in [-0.25, -0.2) is 0 Å². The number of methoxy groups -OCH3 is 2. The normalized spacial score (nSPS) is 37.8. The number of ether oxygens (including phenoxy) is 2. The molecule has 0 heterocycles. The fourth-order valence-corrected chi connectivity index (χ4v) is 1.81. The third kappa shape index (κ3) is 2.21. The van der Waals surface area contributed by atoms with Gasteiger partial charge >= 0.3 is 0 Å². The summed E-state index contributed by atoms with van der Waals surface area (Å²) in [4.78, 5) is 0. The summed E-state index contributed by atoms with van der Waals surface area (Å²) in [6.45, 7) is 0.770. The van der Waals surface area contributed by atoms with Crippen LogP contribution in [0, 0.1) is 5.92 Å². The van der Waals surface area contributed by atoms with Gasteiger partial charge < -0.3 is 9.47 Å². The van der Waals surface area contributed by atoms with Crippen LogP contribution in [0.4, 0.5) is 0 Å². The molecule has 1 unspecified atom stereocenters. The highest BCUT2D eigenvalue weighted by Gasteiger charge is 2.31. The van der Waals surface area contributed by atoms with E-state index in [0.717, 1.165) is 19.4 Å². The third-order valence-electron chi connectivity index (χ3n) is 2.35. The second-order valence-electron chi connectivity index (χ2n) is 3.22. The molecule has 0 N–H and O–H groups in total. The summed E-state index contributed by atoms with van der Waals surface area (Å²) in [5, 5.41) is 0. The molecule has 0 saturated heterocycles. The molecule has 1 fully saturated rings. The first kappa shape index (κ1) is 9.08. The first-order valence-corrected chi connectivity index (χ1v) is 4.05. The minimum Gasteiger partial charge on any atom is -0.384 e. The molecule has 11 heavy (non-hydrogen) atoms. The molecule has 0 amide bonds. The van der Waals surface area contributed by atoms with Crippen molar-refractivity contribution in [2.75, 3.05) is 20.8 Å². The van der Waals surface area contributed by atoms with Crippen molar-refractivity contribution >= 4 is 7.85 Å². The molecule has 0 aromatic heterocycles. The Balaban J connectivity index is 2.37. The molecule has 2 nitrogen and oxygen atoms in total. The molecular weight excluding hydrogens is 139 g/mol. The van der Waals surface area contributed by atoms with Crippen LogP contribution in [0.1, 0.15) is 12.8 Å². The van der Waals surface area contributed by atoms with Crippen LogP contribution in [0.2, 0.25) is 5.82 Å². The smallest absolute Gasteiger partial charge is 0.0700 e. The highest BCUT2D eigenvalue weighted by Crippen LogP contribution is 2.34. The van der Waals surface area contributed by atoms with Crippen molar-refractivity contribution in [3.63, 3.8) is 0 Å². The van der Waals surface area contributed by atoms with Crippen LogP contribution in [-0.2, 0) is 9.47 Å². The largest absolute Gasteiger partial charge is 0.384 e. The third-order valence-corrected chi connectivity index (χ3v) is 2.35. The van der Waals surface area contributed by atoms with Gasteiger partial charge in [0.2, 0.25) is 0 Å². The van der Waals surface area contributed by atoms with Crippen molar-refractivity contribution in [1.82, 2.24) is 0 Å². The van der Waals surface area contributed by atoms with E-state index in [-0.39, 0.29) is 0 Å². The summed E-state index contributed by atoms with van der Waals surface area (Å²) in [6.07, 6.45) is 2.32. The quantitative estimate of drug-likeness (QED) is 0.565. The molecule has 0 aliphatic heterocycles. The lowest BCUT2D eigenvalue weighted by atomic mass is 9.85. The predicted molar refractivity (Wildman–Crippen MR) is 44.9 cm³/mol. The Morgan fingerprint density at radius 3 is 2.64 bits per heavy atom. The predicted octanol–water partition coefficient (Wildman–Crippen LogP) is 1.01. The molecule has 62 valence electrons. The van der Waals surface area contributed by atoms with Gasteiger partial charge in [0.05, 0.1) is 20.6 Å². The zero-order chi connectivity index (χ0) is 8.27. The second-order valence-corrected chi connectivity index (χ2v) is 3.22. The van der Waals surface area contributed by atoms with Gasteiger partial charge in [0, 0.05) is 20.1 Å². The molecule has 0 bridgehead atoms. The fraction of sp³-hybridized carbons (Fsp3) is 1.00. The molecule has 3 heteroatoms. The van der Waals surface area contributed by atoms with E-state index in [2.05, 4.69) is 0 Å². The zero-order valence-electron chi connectivity index (χ0n) is 7.25. The van der Waals surface area contributed by atoms with E-state index in [1.54, 1.807) is 14.2 Å². The van der Waals surface area contributed by atoms with Gasteiger partial charge in [0.1, 0.15) is 0 Å². The molecule has 1 saturated carbocycles. The Morgan fingerprint density at radius 2 is 2.09 bits per heavy atom. The summed E-state index contributed by atoms with van der Waals surface area (Å²) >= 11 is 0. The fourth-order valence-electron chi connectivity index (χ4n) is 1.81. The van der Waals surface area contributed by atoms with Crippen LogP contribution >= 0.6 is 0 Å². The number of hydrogen-bond donors (Lipinski definition) is 0. The van der Waals surface area contributed by atoms with Crippen LogP contribution < -0.4 is 0 Å². The minimum atomic E-state index is 0.306. The maximum Gasteiger partial charge on any atom is 0.0700 e. The summed E-state index contributed by atoms with van der Waals surface area (Å²) in [7, 11) is 9.25. The average molecular weight is 154 g/mol. The van der Waals surface area contributed by atoms with Gasteiger partial charge in [-0.1, -0.05) is 12.2 Å². The minimum absolute atomic E-state index is 0.306. The lowest BCUT2D eigenvalue weighted by Gasteiger charge is -2.16. The summed E-state index contributed by atoms with van der Waals surface area (Å²) in [5.74, 6) is 0.806. The molecule has 0 aromatic carbocycles. The molecular formula is C8H15BO2. The second kappa shape index (κ2) is 4.12. The van der Waals surface area contributed by atoms with E-state index >= 15 is 0 Å². The maximum atomic E-state index is 5.79. The summed E-state index contributed by atoms with van der Waals surface area (Å²) < 4.78 is 10.4. The van der Waals surface area contributed by atoms with Crippen molar-refractivity contribution in [2.24, 2.45) is 5.92 Å². The van der Waals surface area contributed by atoms with Crippen molar-refractivity contribution in [1.29, 1.82) is 0 Å². The van der Waals surface area contributed by atoms with E-state index in [4.69, 9.17) is 17.3 Å². The Kier molecular flexibility index (Phi) is 3.40. The van der Waals surface area contributed by atoms with Gasteiger partial charge in [0.15, 0.2) is 0 Å². The van der Waals surface area contributed by atoms with E-state index < -0.39 is 0 Å². The van der Waals surface area contributed by atoms with Crippen molar-refractivity contribution in [2.45, 2.75) is 24.8 Å². The van der Waals surface area contributed by atoms with Crippen LogP contribution in [0.3, 0.4) is 0 Å². The van der Waals surface area contributed by atoms with Gasteiger partial charge in [0.25, 0.3) is 0 Å². The topological polar surface area (TPSA) is 18.5 Å². The Bertz CT molecular complexity index is 119. The Hall–Kier alpha value is -0.0151. The van der Waals surface area contributed by atoms with Crippen LogP contribution in [-0.4, -0.2) is 34.8 Å². The SMILES string of the molecule is [B][C@@H]1CC(OC)[C@@H](COC)C1. The van der Waals surface area contributed by atoms with Crippen LogP contribution in [0.25, 0.3) is 0 Å². The van der Waals surface area contributed by atoms with Gasteiger partial charge in [-0.2, -0.15) is 0 Å². The Morgan fingerprint density at radius 1 is 1.36 bits per heavy atom. The molecule has 0 spiro atoms. The Labute approximate surface area is 69.7 Å². The molecule has 0 aromatic rings. The first-order valence-electron chi connectivity index (χ1n) is 4.05. The van der Waals surface area contributed by atoms with Crippen molar-refractivity contribution in [3.05, 3.63) is 0 Å². The van der Waals surface area contributed by atoms with Crippen LogP contribution in [0.15, 0.2) is 0 Å². The van der Waals surface area contributed by atoms with E-state index in [1.807, 2.05) is 0 Å². The standard InChI is InChI=1S/C8H15BO2/c1-10-5-6-3-7(9)4-8(6)11-2/h6-8H,3-5H2,1-2H3/t6-,7+,8?/m1/s1. The highest BCUT2D eigenvalue weighted by atomic mass is 16.5. The van der Waals surface area contributed by atoms with Crippen molar-refractivity contribution in [3.8, 4) is 0 Å².